The first kappa shape index (κ1) is 16.9. The van der Waals surface area contributed by atoms with Crippen LogP contribution in [0.2, 0.25) is 0 Å². The van der Waals surface area contributed by atoms with Gasteiger partial charge >= 0.3 is 12.1 Å². The monoisotopic (exact) mass is 349 g/mol. The molecule has 1 heterocycles. The number of halogens is 4. The Morgan fingerprint density at radius 3 is 2.48 bits per heavy atom. The molecule has 0 amide bonds. The van der Waals surface area contributed by atoms with Crippen LogP contribution >= 0.6 is 0 Å². The van der Waals surface area contributed by atoms with Gasteiger partial charge in [0, 0.05) is 17.1 Å². The molecule has 3 rings (SSSR count). The van der Waals surface area contributed by atoms with E-state index in [1.54, 1.807) is 0 Å². The third-order valence-corrected chi connectivity index (χ3v) is 3.75. The SMILES string of the molecule is COC(=O)c1ccc2nccc(-c3cc(C(F)(F)F)ccc3F)c2c1. The van der Waals surface area contributed by atoms with E-state index in [-0.39, 0.29) is 16.7 Å². The number of alkyl halides is 3. The topological polar surface area (TPSA) is 39.2 Å². The zero-order valence-electron chi connectivity index (χ0n) is 12.9. The molecule has 0 spiro atoms. The number of esters is 1. The highest BCUT2D eigenvalue weighted by molar-refractivity contribution is 6.00. The third kappa shape index (κ3) is 3.17. The number of fused-ring (bicyclic) bond motifs is 1. The molecule has 1 aromatic heterocycles. The Morgan fingerprint density at radius 2 is 1.80 bits per heavy atom. The number of nitrogens with zero attached hydrogens (tertiary/aromatic N) is 1. The highest BCUT2D eigenvalue weighted by atomic mass is 19.4. The molecule has 0 radical (unpaired) electrons. The first-order chi connectivity index (χ1) is 11.8. The van der Waals surface area contributed by atoms with Crippen LogP contribution in [0.4, 0.5) is 17.6 Å². The number of carbonyl (C=O) groups excluding carboxylic acids is 1. The highest BCUT2D eigenvalue weighted by Gasteiger charge is 2.31. The van der Waals surface area contributed by atoms with Gasteiger partial charge < -0.3 is 4.74 Å². The van der Waals surface area contributed by atoms with Crippen molar-refractivity contribution in [3.05, 3.63) is 65.6 Å². The number of rotatable bonds is 2. The van der Waals surface area contributed by atoms with Gasteiger partial charge in [0.1, 0.15) is 5.82 Å². The fourth-order valence-electron chi connectivity index (χ4n) is 2.53. The van der Waals surface area contributed by atoms with Gasteiger partial charge in [0.05, 0.1) is 23.8 Å². The zero-order valence-corrected chi connectivity index (χ0v) is 12.9. The lowest BCUT2D eigenvalue weighted by Gasteiger charge is -2.12. The van der Waals surface area contributed by atoms with E-state index in [1.807, 2.05) is 0 Å². The van der Waals surface area contributed by atoms with Crippen molar-refractivity contribution in [3.63, 3.8) is 0 Å². The number of carbonyl (C=O) groups is 1. The molecule has 2 aromatic carbocycles. The van der Waals surface area contributed by atoms with E-state index < -0.39 is 23.5 Å². The van der Waals surface area contributed by atoms with Crippen molar-refractivity contribution in [1.29, 1.82) is 0 Å². The van der Waals surface area contributed by atoms with Crippen molar-refractivity contribution in [2.24, 2.45) is 0 Å². The molecule has 0 fully saturated rings. The van der Waals surface area contributed by atoms with Crippen LogP contribution in [0.25, 0.3) is 22.0 Å². The van der Waals surface area contributed by atoms with Crippen LogP contribution in [0.5, 0.6) is 0 Å². The van der Waals surface area contributed by atoms with Gasteiger partial charge in [-0.25, -0.2) is 9.18 Å². The van der Waals surface area contributed by atoms with Crippen molar-refractivity contribution < 1.29 is 27.1 Å². The van der Waals surface area contributed by atoms with Gasteiger partial charge in [0.15, 0.2) is 0 Å². The molecule has 0 bridgehead atoms. The Labute approximate surface area is 139 Å². The number of pyridine rings is 1. The molecule has 0 unspecified atom stereocenters. The molecular weight excluding hydrogens is 338 g/mol. The lowest BCUT2D eigenvalue weighted by molar-refractivity contribution is -0.137. The smallest absolute Gasteiger partial charge is 0.416 e. The summed E-state index contributed by atoms with van der Waals surface area (Å²) in [6.07, 6.45) is -3.22. The Balaban J connectivity index is 2.27. The van der Waals surface area contributed by atoms with Crippen molar-refractivity contribution in [3.8, 4) is 11.1 Å². The minimum Gasteiger partial charge on any atom is -0.465 e. The van der Waals surface area contributed by atoms with E-state index in [0.717, 1.165) is 12.1 Å². The average Bonchev–Trinajstić information content (AvgIpc) is 2.59. The van der Waals surface area contributed by atoms with Gasteiger partial charge in [0.25, 0.3) is 0 Å². The van der Waals surface area contributed by atoms with Crippen molar-refractivity contribution in [1.82, 2.24) is 4.98 Å². The summed E-state index contributed by atoms with van der Waals surface area (Å²) in [7, 11) is 1.21. The van der Waals surface area contributed by atoms with Gasteiger partial charge in [-0.05, 0) is 48.0 Å². The molecule has 0 aliphatic carbocycles. The molecule has 3 aromatic rings. The van der Waals surface area contributed by atoms with Gasteiger partial charge in [-0.15, -0.1) is 0 Å². The lowest BCUT2D eigenvalue weighted by atomic mass is 9.97. The second-order valence-corrected chi connectivity index (χ2v) is 5.27. The first-order valence-corrected chi connectivity index (χ1v) is 7.15. The lowest BCUT2D eigenvalue weighted by Crippen LogP contribution is -2.05. The summed E-state index contributed by atoms with van der Waals surface area (Å²) >= 11 is 0. The molecule has 0 aliphatic heterocycles. The van der Waals surface area contributed by atoms with Crippen LogP contribution in [-0.2, 0) is 10.9 Å². The fraction of sp³-hybridized carbons (Fsp3) is 0.111. The summed E-state index contributed by atoms with van der Waals surface area (Å²) in [5.41, 5.74) is -0.361. The number of benzene rings is 2. The van der Waals surface area contributed by atoms with Gasteiger partial charge in [0.2, 0.25) is 0 Å². The zero-order chi connectivity index (χ0) is 18.2. The largest absolute Gasteiger partial charge is 0.465 e. The standard InChI is InChI=1S/C18H11F4NO2/c1-25-17(24)10-2-5-16-14(8-10)12(6-7-23-16)13-9-11(18(20,21)22)3-4-15(13)19/h2-9H,1H3. The molecule has 0 N–H and O–H groups in total. The van der Waals surface area contributed by atoms with Crippen molar-refractivity contribution >= 4 is 16.9 Å². The predicted molar refractivity (Wildman–Crippen MR) is 83.5 cm³/mol. The van der Waals surface area contributed by atoms with E-state index in [9.17, 15) is 22.4 Å². The van der Waals surface area contributed by atoms with Crippen LogP contribution in [0.1, 0.15) is 15.9 Å². The molecule has 7 heteroatoms. The molecule has 25 heavy (non-hydrogen) atoms. The summed E-state index contributed by atoms with van der Waals surface area (Å²) in [6, 6.07) is 8.03. The Bertz CT molecular complexity index is 967. The van der Waals surface area contributed by atoms with E-state index >= 15 is 0 Å². The van der Waals surface area contributed by atoms with E-state index in [1.165, 1.54) is 37.6 Å². The van der Waals surface area contributed by atoms with Crippen LogP contribution in [0.3, 0.4) is 0 Å². The summed E-state index contributed by atoms with van der Waals surface area (Å²) in [4.78, 5) is 15.8. The average molecular weight is 349 g/mol. The maximum atomic E-state index is 14.2. The molecule has 0 atom stereocenters. The minimum absolute atomic E-state index is 0.191. The van der Waals surface area contributed by atoms with Crippen LogP contribution in [0, 0.1) is 5.82 Å². The van der Waals surface area contributed by atoms with Gasteiger partial charge in [-0.3, -0.25) is 4.98 Å². The molecular formula is C18H11F4NO2. The van der Waals surface area contributed by atoms with Crippen LogP contribution in [0.15, 0.2) is 48.7 Å². The quantitative estimate of drug-likeness (QED) is 0.491. The van der Waals surface area contributed by atoms with Crippen molar-refractivity contribution in [2.75, 3.05) is 7.11 Å². The fourth-order valence-corrected chi connectivity index (χ4v) is 2.53. The summed E-state index contributed by atoms with van der Waals surface area (Å²) < 4.78 is 57.7. The number of hydrogen-bond acceptors (Lipinski definition) is 3. The summed E-state index contributed by atoms with van der Waals surface area (Å²) in [5, 5.41) is 0.351. The first-order valence-electron chi connectivity index (χ1n) is 7.15. The molecule has 128 valence electrons. The van der Waals surface area contributed by atoms with Gasteiger partial charge in [-0.2, -0.15) is 13.2 Å². The predicted octanol–water partition coefficient (Wildman–Crippen LogP) is 4.85. The van der Waals surface area contributed by atoms with E-state index in [2.05, 4.69) is 9.72 Å². The maximum absolute atomic E-state index is 14.2. The van der Waals surface area contributed by atoms with Gasteiger partial charge in [-0.1, -0.05) is 0 Å². The molecule has 0 saturated carbocycles. The third-order valence-electron chi connectivity index (χ3n) is 3.75. The second kappa shape index (κ2) is 6.16. The molecule has 0 aliphatic rings. The number of ether oxygens (including phenoxy) is 1. The molecule has 3 nitrogen and oxygen atoms in total. The highest BCUT2D eigenvalue weighted by Crippen LogP contribution is 2.36. The number of aromatic nitrogens is 1. The second-order valence-electron chi connectivity index (χ2n) is 5.27. The minimum atomic E-state index is -4.59. The maximum Gasteiger partial charge on any atom is 0.416 e. The van der Waals surface area contributed by atoms with E-state index in [4.69, 9.17) is 0 Å². The number of methoxy groups -OCH3 is 1. The Kier molecular flexibility index (Phi) is 4.16. The van der Waals surface area contributed by atoms with Crippen molar-refractivity contribution in [2.45, 2.75) is 6.18 Å². The normalized spacial score (nSPS) is 11.6. The summed E-state index contributed by atoms with van der Waals surface area (Å²) in [6.45, 7) is 0. The molecule has 0 saturated heterocycles. The number of hydrogen-bond donors (Lipinski definition) is 0. The Hall–Kier alpha value is -2.96. The van der Waals surface area contributed by atoms with E-state index in [0.29, 0.717) is 17.0 Å². The van der Waals surface area contributed by atoms with Crippen LogP contribution < -0.4 is 0 Å². The Morgan fingerprint density at radius 1 is 1.04 bits per heavy atom. The van der Waals surface area contributed by atoms with Crippen LogP contribution in [-0.4, -0.2) is 18.1 Å². The summed E-state index contributed by atoms with van der Waals surface area (Å²) in [5.74, 6) is -1.41.